The van der Waals surface area contributed by atoms with E-state index in [1.54, 1.807) is 6.33 Å². The maximum absolute atomic E-state index is 13.5. The smallest absolute Gasteiger partial charge is 0.366 e. The third kappa shape index (κ3) is 4.00. The van der Waals surface area contributed by atoms with Gasteiger partial charge in [0, 0.05) is 37.3 Å². The summed E-state index contributed by atoms with van der Waals surface area (Å²) in [5.74, 6) is 0.198. The highest BCUT2D eigenvalue weighted by Crippen LogP contribution is 2.41. The Kier molecular flexibility index (Phi) is 5.54. The van der Waals surface area contributed by atoms with E-state index in [0.717, 1.165) is 24.2 Å². The first-order valence-electron chi connectivity index (χ1n) is 9.93. The molecule has 3 aromatic rings. The summed E-state index contributed by atoms with van der Waals surface area (Å²) in [5.41, 5.74) is -0.883. The molecule has 0 aromatic carbocycles. The van der Waals surface area contributed by atoms with Crippen LogP contribution in [0.15, 0.2) is 30.7 Å². The highest BCUT2D eigenvalue weighted by Gasteiger charge is 2.37. The molecule has 0 spiro atoms. The van der Waals surface area contributed by atoms with Crippen LogP contribution in [0.25, 0.3) is 11.3 Å². The van der Waals surface area contributed by atoms with E-state index < -0.39 is 17.8 Å². The largest absolute Gasteiger partial charge is 0.433 e. The molecule has 4 heterocycles. The molecule has 32 heavy (non-hydrogen) atoms. The van der Waals surface area contributed by atoms with Gasteiger partial charge in [0.05, 0.1) is 16.9 Å². The Balaban J connectivity index is 1.80. The minimum atomic E-state index is -4.74. The van der Waals surface area contributed by atoms with E-state index in [4.69, 9.17) is 0 Å². The number of nitriles is 1. The Morgan fingerprint density at radius 3 is 2.59 bits per heavy atom. The van der Waals surface area contributed by atoms with Gasteiger partial charge < -0.3 is 9.47 Å². The van der Waals surface area contributed by atoms with Crippen LogP contribution < -0.4 is 4.90 Å². The predicted octanol–water partition coefficient (Wildman–Crippen LogP) is 4.07. The average Bonchev–Trinajstić information content (AvgIpc) is 3.18. The van der Waals surface area contributed by atoms with E-state index in [1.807, 2.05) is 29.5 Å². The van der Waals surface area contributed by atoms with Gasteiger partial charge in [-0.1, -0.05) is 0 Å². The highest BCUT2D eigenvalue weighted by molar-refractivity contribution is 5.80. The average molecular weight is 445 g/mol. The molecule has 0 amide bonds. The number of anilines is 1. The minimum Gasteiger partial charge on any atom is -0.366 e. The minimum absolute atomic E-state index is 0.0483. The van der Waals surface area contributed by atoms with Gasteiger partial charge in [-0.15, -0.1) is 10.2 Å². The number of hydrogen-bond donors (Lipinski definition) is 0. The van der Waals surface area contributed by atoms with Gasteiger partial charge in [0.15, 0.2) is 0 Å². The molecular formula is C21H19F4N7. The van der Waals surface area contributed by atoms with Gasteiger partial charge in [0.2, 0.25) is 5.95 Å². The molecule has 11 heteroatoms. The van der Waals surface area contributed by atoms with Gasteiger partial charge in [-0.25, -0.2) is 9.97 Å². The van der Waals surface area contributed by atoms with Gasteiger partial charge in [0.25, 0.3) is 0 Å². The molecule has 3 aromatic heterocycles. The van der Waals surface area contributed by atoms with Crippen molar-refractivity contribution in [2.75, 3.05) is 11.4 Å². The Labute approximate surface area is 181 Å². The molecule has 7 nitrogen and oxygen atoms in total. The van der Waals surface area contributed by atoms with Crippen molar-refractivity contribution in [2.45, 2.75) is 37.9 Å². The molecule has 0 N–H and O–H groups in total. The lowest BCUT2D eigenvalue weighted by atomic mass is 9.89. The second kappa shape index (κ2) is 8.18. The molecule has 0 aliphatic carbocycles. The fraction of sp³-hybridized carbons (Fsp3) is 0.381. The van der Waals surface area contributed by atoms with Crippen LogP contribution in [0.4, 0.5) is 23.2 Å². The summed E-state index contributed by atoms with van der Waals surface area (Å²) in [7, 11) is 1.86. The van der Waals surface area contributed by atoms with Crippen LogP contribution in [0.5, 0.6) is 0 Å². The summed E-state index contributed by atoms with van der Waals surface area (Å²) in [6, 6.07) is 4.90. The van der Waals surface area contributed by atoms with Crippen molar-refractivity contribution >= 4 is 5.69 Å². The first-order valence-corrected chi connectivity index (χ1v) is 9.93. The van der Waals surface area contributed by atoms with Crippen LogP contribution in [-0.2, 0) is 13.2 Å². The van der Waals surface area contributed by atoms with Crippen molar-refractivity contribution in [3.63, 3.8) is 0 Å². The Morgan fingerprint density at radius 1 is 1.25 bits per heavy atom. The molecule has 0 saturated carbocycles. The molecule has 4 rings (SSSR count). The van der Waals surface area contributed by atoms with Crippen molar-refractivity contribution in [1.82, 2.24) is 24.7 Å². The van der Waals surface area contributed by atoms with Gasteiger partial charge in [-0.05, 0) is 38.0 Å². The summed E-state index contributed by atoms with van der Waals surface area (Å²) in [6.45, 7) is 2.41. The number of aromatic nitrogens is 5. The molecule has 2 atom stereocenters. The Bertz CT molecular complexity index is 1160. The molecule has 166 valence electrons. The third-order valence-electron chi connectivity index (χ3n) is 5.68. The number of hydrogen-bond acceptors (Lipinski definition) is 6. The lowest BCUT2D eigenvalue weighted by Gasteiger charge is -2.40. The molecule has 1 aliphatic rings. The Morgan fingerprint density at radius 2 is 2.03 bits per heavy atom. The van der Waals surface area contributed by atoms with Gasteiger partial charge in [0.1, 0.15) is 23.9 Å². The highest BCUT2D eigenvalue weighted by atomic mass is 19.4. The van der Waals surface area contributed by atoms with E-state index in [0.29, 0.717) is 19.4 Å². The number of rotatable bonds is 3. The first-order chi connectivity index (χ1) is 15.2. The Hall–Kier alpha value is -3.55. The fourth-order valence-corrected chi connectivity index (χ4v) is 4.18. The summed E-state index contributed by atoms with van der Waals surface area (Å²) >= 11 is 0. The standard InChI is InChI=1S/C21H19F4N7/c1-12-7-13(20-30-28-11-31(20)2)5-6-32(12)19-15(9-26)8-16(21(23,24)25)29-18(19)14-3-4-17(22)27-10-14/h3-4,8,10-13H,5-7H2,1-2H3/t12-,13-/m1/s1. The third-order valence-corrected chi connectivity index (χ3v) is 5.68. The molecule has 0 bridgehead atoms. The maximum atomic E-state index is 13.5. The van der Waals surface area contributed by atoms with Crippen molar-refractivity contribution in [1.29, 1.82) is 5.26 Å². The lowest BCUT2D eigenvalue weighted by Crippen LogP contribution is -2.41. The topological polar surface area (TPSA) is 83.5 Å². The number of piperidine rings is 1. The number of nitrogens with zero attached hydrogens (tertiary/aromatic N) is 7. The summed E-state index contributed by atoms with van der Waals surface area (Å²) in [5, 5.41) is 17.8. The van der Waals surface area contributed by atoms with Crippen LogP contribution in [0, 0.1) is 17.3 Å². The first kappa shape index (κ1) is 21.7. The zero-order valence-electron chi connectivity index (χ0n) is 17.3. The normalized spacial score (nSPS) is 19.1. The van der Waals surface area contributed by atoms with Crippen LogP contribution in [0.2, 0.25) is 0 Å². The second-order valence-corrected chi connectivity index (χ2v) is 7.80. The van der Waals surface area contributed by atoms with E-state index in [9.17, 15) is 22.8 Å². The number of pyridine rings is 2. The quantitative estimate of drug-likeness (QED) is 0.446. The zero-order valence-corrected chi connectivity index (χ0v) is 17.3. The van der Waals surface area contributed by atoms with E-state index in [1.165, 1.54) is 6.07 Å². The van der Waals surface area contributed by atoms with Crippen molar-refractivity contribution in [3.8, 4) is 17.3 Å². The number of alkyl halides is 3. The predicted molar refractivity (Wildman–Crippen MR) is 107 cm³/mol. The van der Waals surface area contributed by atoms with Crippen molar-refractivity contribution in [3.05, 3.63) is 53.8 Å². The van der Waals surface area contributed by atoms with E-state index in [2.05, 4.69) is 20.2 Å². The molecule has 0 radical (unpaired) electrons. The summed E-state index contributed by atoms with van der Waals surface area (Å²) in [6.07, 6.45) is -0.654. The van der Waals surface area contributed by atoms with E-state index in [-0.39, 0.29) is 34.5 Å². The van der Waals surface area contributed by atoms with Gasteiger partial charge >= 0.3 is 6.18 Å². The number of halogens is 4. The summed E-state index contributed by atoms with van der Waals surface area (Å²) < 4.78 is 55.7. The zero-order chi connectivity index (χ0) is 23.0. The molecule has 1 fully saturated rings. The molecular weight excluding hydrogens is 426 g/mol. The van der Waals surface area contributed by atoms with Crippen LogP contribution in [0.3, 0.4) is 0 Å². The van der Waals surface area contributed by atoms with E-state index >= 15 is 0 Å². The maximum Gasteiger partial charge on any atom is 0.433 e. The van der Waals surface area contributed by atoms with Gasteiger partial charge in [-0.3, -0.25) is 0 Å². The van der Waals surface area contributed by atoms with Crippen LogP contribution in [-0.4, -0.2) is 37.3 Å². The fourth-order valence-electron chi connectivity index (χ4n) is 4.18. The summed E-state index contributed by atoms with van der Waals surface area (Å²) in [4.78, 5) is 9.28. The van der Waals surface area contributed by atoms with Crippen LogP contribution in [0.1, 0.15) is 42.8 Å². The molecule has 1 saturated heterocycles. The van der Waals surface area contributed by atoms with Crippen LogP contribution >= 0.6 is 0 Å². The van der Waals surface area contributed by atoms with Crippen molar-refractivity contribution < 1.29 is 17.6 Å². The molecule has 1 aliphatic heterocycles. The SMILES string of the molecule is C[C@@H]1C[C@H](c2nncn2C)CCN1c1c(C#N)cc(C(F)(F)F)nc1-c1ccc(F)nc1. The van der Waals surface area contributed by atoms with Crippen molar-refractivity contribution in [2.24, 2.45) is 7.05 Å². The second-order valence-electron chi connectivity index (χ2n) is 7.80. The van der Waals surface area contributed by atoms with Gasteiger partial charge in [-0.2, -0.15) is 22.8 Å². The number of aryl methyl sites for hydroxylation is 1. The molecule has 0 unspecified atom stereocenters. The monoisotopic (exact) mass is 445 g/mol. The lowest BCUT2D eigenvalue weighted by molar-refractivity contribution is -0.141.